The van der Waals surface area contributed by atoms with Gasteiger partial charge in [0.1, 0.15) is 17.3 Å². The van der Waals surface area contributed by atoms with Crippen LogP contribution in [0.25, 0.3) is 0 Å². The zero-order valence-electron chi connectivity index (χ0n) is 25.0. The van der Waals surface area contributed by atoms with Crippen molar-refractivity contribution in [2.45, 2.75) is 26.6 Å². The fraction of sp³-hybridized carbons (Fsp3) is 0.281. The Morgan fingerprint density at radius 2 is 1.67 bits per heavy atom. The molecule has 238 valence electrons. The molecule has 45 heavy (non-hydrogen) atoms. The third-order valence-corrected chi connectivity index (χ3v) is 8.08. The molecule has 0 spiro atoms. The highest BCUT2D eigenvalue weighted by atomic mass is 35.5. The molecule has 13 heteroatoms. The lowest BCUT2D eigenvalue weighted by Gasteiger charge is -2.34. The predicted octanol–water partition coefficient (Wildman–Crippen LogP) is -1.92. The largest absolute Gasteiger partial charge is 1.00 e. The molecule has 6 rings (SSSR count). The number of nitrogens with one attached hydrogen (secondary N) is 2. The van der Waals surface area contributed by atoms with E-state index in [2.05, 4.69) is 20.6 Å². The van der Waals surface area contributed by atoms with E-state index in [1.807, 2.05) is 56.4 Å². The molecular weight excluding hydrogens is 617 g/mol. The SMILES string of the molecule is Cc1cc(C(=O)N2Cc3cnn(C)c3Nc3ccccc32)ccc1CNC(=O)N1CCN(Cc2cc(O)cc(O)c2)CC1.[Cl-].[Cl-]. The van der Waals surface area contributed by atoms with Crippen LogP contribution in [-0.2, 0) is 26.7 Å². The van der Waals surface area contributed by atoms with Gasteiger partial charge >= 0.3 is 6.03 Å². The first kappa shape index (κ1) is 33.4. The summed E-state index contributed by atoms with van der Waals surface area (Å²) in [5.74, 6) is 0.828. The van der Waals surface area contributed by atoms with Crippen molar-refractivity contribution in [1.29, 1.82) is 0 Å². The van der Waals surface area contributed by atoms with Gasteiger partial charge in [-0.05, 0) is 60.0 Å². The Labute approximate surface area is 274 Å². The molecule has 2 aliphatic rings. The maximum Gasteiger partial charge on any atom is 0.317 e. The van der Waals surface area contributed by atoms with Crippen LogP contribution in [0.1, 0.15) is 32.6 Å². The van der Waals surface area contributed by atoms with Crippen LogP contribution in [0.5, 0.6) is 11.5 Å². The minimum atomic E-state index is -0.129. The highest BCUT2D eigenvalue weighted by molar-refractivity contribution is 6.08. The van der Waals surface area contributed by atoms with Gasteiger partial charge in [0, 0.05) is 63.5 Å². The van der Waals surface area contributed by atoms with Gasteiger partial charge in [0.25, 0.3) is 5.91 Å². The number of hydrogen-bond donors (Lipinski definition) is 4. The Morgan fingerprint density at radius 1 is 0.956 bits per heavy atom. The van der Waals surface area contributed by atoms with Crippen molar-refractivity contribution in [3.05, 3.63) is 94.7 Å². The van der Waals surface area contributed by atoms with Crippen molar-refractivity contribution in [2.75, 3.05) is 36.4 Å². The number of benzene rings is 3. The first-order chi connectivity index (χ1) is 20.7. The molecule has 0 atom stereocenters. The van der Waals surface area contributed by atoms with Gasteiger partial charge in [0.15, 0.2) is 0 Å². The van der Waals surface area contributed by atoms with Crippen molar-refractivity contribution in [3.63, 3.8) is 0 Å². The summed E-state index contributed by atoms with van der Waals surface area (Å²) < 4.78 is 1.77. The summed E-state index contributed by atoms with van der Waals surface area (Å²) in [6, 6.07) is 17.8. The molecule has 3 heterocycles. The summed E-state index contributed by atoms with van der Waals surface area (Å²) in [7, 11) is 1.87. The van der Waals surface area contributed by atoms with Gasteiger partial charge in [-0.15, -0.1) is 0 Å². The predicted molar refractivity (Wildman–Crippen MR) is 163 cm³/mol. The Bertz CT molecular complexity index is 1670. The number of halogens is 2. The van der Waals surface area contributed by atoms with Crippen molar-refractivity contribution in [1.82, 2.24) is 24.9 Å². The van der Waals surface area contributed by atoms with Crippen molar-refractivity contribution < 1.29 is 44.6 Å². The van der Waals surface area contributed by atoms with Gasteiger partial charge in [-0.25, -0.2) is 4.79 Å². The third kappa shape index (κ3) is 7.28. The first-order valence-electron chi connectivity index (χ1n) is 14.3. The van der Waals surface area contributed by atoms with Crippen LogP contribution in [0.15, 0.2) is 66.9 Å². The number of rotatable bonds is 5. The van der Waals surface area contributed by atoms with Crippen LogP contribution in [-0.4, -0.2) is 67.9 Å². The molecule has 4 N–H and O–H groups in total. The van der Waals surface area contributed by atoms with Gasteiger partial charge in [-0.3, -0.25) is 14.4 Å². The summed E-state index contributed by atoms with van der Waals surface area (Å²) in [4.78, 5) is 32.5. The average molecular weight is 653 g/mol. The topological polar surface area (TPSA) is 126 Å². The number of hydrogen-bond acceptors (Lipinski definition) is 7. The van der Waals surface area contributed by atoms with Crippen LogP contribution in [0, 0.1) is 6.92 Å². The fourth-order valence-electron chi connectivity index (χ4n) is 5.72. The van der Waals surface area contributed by atoms with Crippen LogP contribution in [0.4, 0.5) is 22.0 Å². The number of para-hydroxylation sites is 2. The quantitative estimate of drug-likeness (QED) is 0.198. The molecule has 3 amide bonds. The lowest BCUT2D eigenvalue weighted by molar-refractivity contribution is -0.001000. The van der Waals surface area contributed by atoms with E-state index in [0.29, 0.717) is 51.4 Å². The van der Waals surface area contributed by atoms with Crippen LogP contribution < -0.4 is 40.3 Å². The highest BCUT2D eigenvalue weighted by Crippen LogP contribution is 2.36. The minimum absolute atomic E-state index is 0. The lowest BCUT2D eigenvalue weighted by atomic mass is 10.0. The molecule has 0 saturated carbocycles. The second kappa shape index (κ2) is 14.1. The van der Waals surface area contributed by atoms with E-state index >= 15 is 0 Å². The maximum atomic E-state index is 13.8. The Kier molecular flexibility index (Phi) is 10.5. The number of carbonyl (C=O) groups excluding carboxylic acids is 2. The standard InChI is InChI=1S/C32H35N7O4.2ClH/c1-21-13-23(31(42)39-20-25-18-34-36(2)30(25)35-28-5-3-4-6-29(28)39)7-8-24(21)17-33-32(43)38-11-9-37(10-12-38)19-22-14-26(40)16-27(41)15-22;;/h3-8,13-16,18,35,40-41H,9-12,17,19-20H2,1-2H3,(H,33,43);2*1H/p-2. The molecule has 1 aromatic heterocycles. The summed E-state index contributed by atoms with van der Waals surface area (Å²) in [6.07, 6.45) is 1.78. The molecule has 11 nitrogen and oxygen atoms in total. The summed E-state index contributed by atoms with van der Waals surface area (Å²) in [5.41, 5.74) is 5.85. The second-order valence-electron chi connectivity index (χ2n) is 11.1. The zero-order valence-corrected chi connectivity index (χ0v) is 26.5. The van der Waals surface area contributed by atoms with Gasteiger partial charge < -0.3 is 55.5 Å². The Morgan fingerprint density at radius 3 is 2.38 bits per heavy atom. The van der Waals surface area contributed by atoms with E-state index < -0.39 is 0 Å². The number of phenolic OH excluding ortho intramolecular Hbond substituents is 2. The second-order valence-corrected chi connectivity index (χ2v) is 11.1. The van der Waals surface area contributed by atoms with Gasteiger partial charge in [0.2, 0.25) is 0 Å². The number of piperazine rings is 1. The normalized spacial score (nSPS) is 14.2. The Balaban J connectivity index is 0.00000230. The van der Waals surface area contributed by atoms with Gasteiger partial charge in [0.05, 0.1) is 24.1 Å². The number of anilines is 3. The smallest absolute Gasteiger partial charge is 0.317 e. The number of nitrogens with zero attached hydrogens (tertiary/aromatic N) is 5. The molecular formula is C32H35Cl2N7O4-2. The van der Waals surface area contributed by atoms with E-state index in [1.165, 1.54) is 6.07 Å². The molecule has 1 saturated heterocycles. The molecule has 0 unspecified atom stereocenters. The van der Waals surface area contributed by atoms with Crippen molar-refractivity contribution >= 4 is 29.1 Å². The number of fused-ring (bicyclic) bond motifs is 2. The summed E-state index contributed by atoms with van der Waals surface area (Å²) in [6.45, 7) is 5.83. The first-order valence-corrected chi connectivity index (χ1v) is 14.3. The zero-order chi connectivity index (χ0) is 30.1. The maximum absolute atomic E-state index is 13.8. The number of carbonyl (C=O) groups is 2. The highest BCUT2D eigenvalue weighted by Gasteiger charge is 2.27. The molecule has 1 fully saturated rings. The van der Waals surface area contributed by atoms with E-state index in [4.69, 9.17) is 0 Å². The summed E-state index contributed by atoms with van der Waals surface area (Å²) >= 11 is 0. The number of aromatic hydroxyl groups is 2. The number of aromatic nitrogens is 2. The molecule has 0 aliphatic carbocycles. The minimum Gasteiger partial charge on any atom is -1.00 e. The van der Waals surface area contributed by atoms with Crippen LogP contribution in [0.3, 0.4) is 0 Å². The van der Waals surface area contributed by atoms with Crippen molar-refractivity contribution in [3.8, 4) is 11.5 Å². The van der Waals surface area contributed by atoms with Crippen molar-refractivity contribution in [2.24, 2.45) is 7.05 Å². The summed E-state index contributed by atoms with van der Waals surface area (Å²) in [5, 5.41) is 30.3. The lowest BCUT2D eigenvalue weighted by Crippen LogP contribution is -3.00. The molecule has 0 radical (unpaired) electrons. The molecule has 3 aromatic carbocycles. The van der Waals surface area contributed by atoms with E-state index in [9.17, 15) is 19.8 Å². The number of phenols is 2. The molecule has 0 bridgehead atoms. The number of aryl methyl sites for hydroxylation is 2. The van der Waals surface area contributed by atoms with Crippen LogP contribution in [0.2, 0.25) is 0 Å². The average Bonchev–Trinajstić information content (AvgIpc) is 3.23. The fourth-order valence-corrected chi connectivity index (χ4v) is 5.72. The number of urea groups is 1. The molecule has 2 aliphatic heterocycles. The third-order valence-electron chi connectivity index (χ3n) is 8.08. The van der Waals surface area contributed by atoms with Gasteiger partial charge in [-0.2, -0.15) is 5.10 Å². The van der Waals surface area contributed by atoms with E-state index in [1.54, 1.807) is 32.8 Å². The Hall–Kier alpha value is -4.45. The van der Waals surface area contributed by atoms with Crippen LogP contribution >= 0.6 is 0 Å². The van der Waals surface area contributed by atoms with Gasteiger partial charge in [-0.1, -0.05) is 18.2 Å². The van der Waals surface area contributed by atoms with E-state index in [0.717, 1.165) is 39.4 Å². The number of amides is 3. The monoisotopic (exact) mass is 651 g/mol. The molecule has 4 aromatic rings. The van der Waals surface area contributed by atoms with E-state index in [-0.39, 0.29) is 48.3 Å².